The molecule has 1 aromatic carbocycles. The van der Waals surface area contributed by atoms with Crippen molar-refractivity contribution in [2.75, 3.05) is 19.6 Å². The molecule has 1 amide bonds. The van der Waals surface area contributed by atoms with Crippen molar-refractivity contribution in [2.45, 2.75) is 25.8 Å². The van der Waals surface area contributed by atoms with Gasteiger partial charge in [-0.05, 0) is 44.1 Å². The minimum absolute atomic E-state index is 0.125. The average Bonchev–Trinajstić information content (AvgIpc) is 3.32. The zero-order valence-electron chi connectivity index (χ0n) is 15.9. The third kappa shape index (κ3) is 6.62. The summed E-state index contributed by atoms with van der Waals surface area (Å²) in [5, 5.41) is 20.0. The molecule has 1 atom stereocenters. The van der Waals surface area contributed by atoms with Gasteiger partial charge in [-0.25, -0.2) is 9.59 Å². The molecule has 3 N–H and O–H groups in total. The Kier molecular flexibility index (Phi) is 8.23. The van der Waals surface area contributed by atoms with Crippen molar-refractivity contribution in [1.82, 2.24) is 10.2 Å². The third-order valence-corrected chi connectivity index (χ3v) is 4.75. The van der Waals surface area contributed by atoms with Crippen molar-refractivity contribution in [3.05, 3.63) is 47.2 Å². The fraction of sp³-hybridized carbons (Fsp3) is 0.350. The molecule has 9 heteroatoms. The second-order valence-corrected chi connectivity index (χ2v) is 6.87. The highest BCUT2D eigenvalue weighted by molar-refractivity contribution is 6.32. The molecule has 1 aromatic heterocycles. The van der Waals surface area contributed by atoms with E-state index in [1.165, 1.54) is 6.42 Å². The number of furan rings is 1. The monoisotopic (exact) mass is 422 g/mol. The number of aliphatic carboxylic acids is 2. The van der Waals surface area contributed by atoms with Gasteiger partial charge in [-0.1, -0.05) is 18.5 Å². The van der Waals surface area contributed by atoms with Crippen LogP contribution in [-0.2, 0) is 9.59 Å². The van der Waals surface area contributed by atoms with Gasteiger partial charge in [0.15, 0.2) is 0 Å². The Morgan fingerprint density at radius 1 is 1.28 bits per heavy atom. The van der Waals surface area contributed by atoms with Gasteiger partial charge in [0, 0.05) is 35.1 Å². The predicted molar refractivity (Wildman–Crippen MR) is 108 cm³/mol. The number of hydrogen-bond acceptors (Lipinski definition) is 5. The number of nitrogens with zero attached hydrogens (tertiary/aromatic N) is 1. The molecule has 1 unspecified atom stereocenters. The Labute approximate surface area is 172 Å². The fourth-order valence-electron chi connectivity index (χ4n) is 3.20. The first-order valence-corrected chi connectivity index (χ1v) is 9.52. The van der Waals surface area contributed by atoms with E-state index in [0.717, 1.165) is 24.9 Å². The highest BCUT2D eigenvalue weighted by Gasteiger charge is 2.24. The van der Waals surface area contributed by atoms with E-state index in [9.17, 15) is 14.4 Å². The number of halogens is 1. The van der Waals surface area contributed by atoms with Gasteiger partial charge in [-0.15, -0.1) is 0 Å². The van der Waals surface area contributed by atoms with Gasteiger partial charge in [-0.2, -0.15) is 0 Å². The van der Waals surface area contributed by atoms with Gasteiger partial charge in [-0.3, -0.25) is 9.69 Å². The topological polar surface area (TPSA) is 120 Å². The number of nitrogens with one attached hydrogen (secondary N) is 1. The van der Waals surface area contributed by atoms with Crippen LogP contribution < -0.4 is 5.32 Å². The SMILES string of the molecule is CCN1CCCC1CNC(=O)c1cc(Cl)cc2ccoc12.O=C(O)/C=C/C(=O)O. The van der Waals surface area contributed by atoms with Gasteiger partial charge in [0.1, 0.15) is 5.58 Å². The molecule has 1 fully saturated rings. The van der Waals surface area contributed by atoms with Crippen LogP contribution in [0.2, 0.25) is 5.02 Å². The first-order chi connectivity index (χ1) is 13.8. The van der Waals surface area contributed by atoms with Crippen LogP contribution in [-0.4, -0.2) is 58.6 Å². The van der Waals surface area contributed by atoms with Gasteiger partial charge < -0.3 is 19.9 Å². The summed E-state index contributed by atoms with van der Waals surface area (Å²) in [6, 6.07) is 5.71. The standard InChI is InChI=1S/C16H19ClN2O2.C4H4O4/c1-2-19-6-3-4-13(19)10-18-16(20)14-9-12(17)8-11-5-7-21-15(11)14;5-3(6)1-2-4(7)8/h5,7-9,13H,2-4,6,10H2,1H3,(H,18,20);1-2H,(H,5,6)(H,7,8)/b;2-1+. The highest BCUT2D eigenvalue weighted by atomic mass is 35.5. The van der Waals surface area contributed by atoms with Crippen LogP contribution in [0.1, 0.15) is 30.1 Å². The van der Waals surface area contributed by atoms with Crippen molar-refractivity contribution in [3.8, 4) is 0 Å². The molecule has 0 saturated carbocycles. The van der Waals surface area contributed by atoms with Crippen LogP contribution in [0.5, 0.6) is 0 Å². The number of carboxylic acid groups (broad SMARTS) is 2. The number of fused-ring (bicyclic) bond motifs is 1. The molecule has 1 aliphatic heterocycles. The number of rotatable bonds is 6. The van der Waals surface area contributed by atoms with Crippen molar-refractivity contribution in [1.29, 1.82) is 0 Å². The highest BCUT2D eigenvalue weighted by Crippen LogP contribution is 2.25. The number of carboxylic acids is 2. The Morgan fingerprint density at radius 3 is 2.59 bits per heavy atom. The number of carbonyl (C=O) groups excluding carboxylic acids is 1. The minimum Gasteiger partial charge on any atom is -0.478 e. The van der Waals surface area contributed by atoms with E-state index in [2.05, 4.69) is 17.1 Å². The summed E-state index contributed by atoms with van der Waals surface area (Å²) in [4.78, 5) is 33.9. The number of likely N-dealkylation sites (tertiary alicyclic amines) is 1. The van der Waals surface area contributed by atoms with Gasteiger partial charge >= 0.3 is 11.9 Å². The largest absolute Gasteiger partial charge is 0.478 e. The van der Waals surface area contributed by atoms with Crippen molar-refractivity contribution in [3.63, 3.8) is 0 Å². The molecule has 0 radical (unpaired) electrons. The number of carbonyl (C=O) groups is 3. The summed E-state index contributed by atoms with van der Waals surface area (Å²) >= 11 is 6.07. The molecular weight excluding hydrogens is 400 g/mol. The second kappa shape index (κ2) is 10.6. The quantitative estimate of drug-likeness (QED) is 0.612. The first kappa shape index (κ1) is 22.4. The number of likely N-dealkylation sites (N-methyl/N-ethyl adjacent to an activating group) is 1. The lowest BCUT2D eigenvalue weighted by molar-refractivity contribution is -0.134. The van der Waals surface area contributed by atoms with E-state index in [1.54, 1.807) is 18.4 Å². The number of benzene rings is 1. The zero-order chi connectivity index (χ0) is 21.4. The molecule has 29 heavy (non-hydrogen) atoms. The van der Waals surface area contributed by atoms with E-state index in [0.29, 0.717) is 40.9 Å². The lowest BCUT2D eigenvalue weighted by Crippen LogP contribution is -2.40. The fourth-order valence-corrected chi connectivity index (χ4v) is 3.43. The molecule has 8 nitrogen and oxygen atoms in total. The lowest BCUT2D eigenvalue weighted by Gasteiger charge is -2.22. The van der Waals surface area contributed by atoms with Crippen molar-refractivity contribution in [2.24, 2.45) is 0 Å². The third-order valence-electron chi connectivity index (χ3n) is 4.53. The normalized spacial score (nSPS) is 16.6. The molecular formula is C20H23ClN2O6. The van der Waals surface area contributed by atoms with E-state index in [-0.39, 0.29) is 5.91 Å². The van der Waals surface area contributed by atoms with Crippen LogP contribution in [0.25, 0.3) is 11.0 Å². The lowest BCUT2D eigenvalue weighted by atomic mass is 10.1. The molecule has 156 valence electrons. The van der Waals surface area contributed by atoms with Crippen molar-refractivity contribution < 1.29 is 29.0 Å². The summed E-state index contributed by atoms with van der Waals surface area (Å²) in [5.74, 6) is -2.64. The number of hydrogen-bond donors (Lipinski definition) is 3. The van der Waals surface area contributed by atoms with E-state index in [4.69, 9.17) is 26.2 Å². The maximum Gasteiger partial charge on any atom is 0.328 e. The first-order valence-electron chi connectivity index (χ1n) is 9.14. The molecule has 1 aliphatic rings. The number of amides is 1. The Balaban J connectivity index is 0.000000321. The van der Waals surface area contributed by atoms with Crippen LogP contribution in [0.15, 0.2) is 41.0 Å². The molecule has 3 rings (SSSR count). The van der Waals surface area contributed by atoms with Crippen molar-refractivity contribution >= 4 is 40.4 Å². The van der Waals surface area contributed by atoms with Gasteiger partial charge in [0.05, 0.1) is 11.8 Å². The zero-order valence-corrected chi connectivity index (χ0v) is 16.7. The smallest absolute Gasteiger partial charge is 0.328 e. The van der Waals surface area contributed by atoms with E-state index >= 15 is 0 Å². The molecule has 0 spiro atoms. The molecule has 0 aliphatic carbocycles. The summed E-state index contributed by atoms with van der Waals surface area (Å²) in [5.41, 5.74) is 1.10. The Hall–Kier alpha value is -2.84. The van der Waals surface area contributed by atoms with Gasteiger partial charge in [0.25, 0.3) is 5.91 Å². The summed E-state index contributed by atoms with van der Waals surface area (Å²) in [7, 11) is 0. The Morgan fingerprint density at radius 2 is 1.97 bits per heavy atom. The predicted octanol–water partition coefficient (Wildman–Crippen LogP) is 3.01. The maximum absolute atomic E-state index is 12.4. The molecule has 2 heterocycles. The summed E-state index contributed by atoms with van der Waals surface area (Å²) in [6.45, 7) is 4.97. The van der Waals surface area contributed by atoms with Crippen LogP contribution in [0.4, 0.5) is 0 Å². The molecule has 0 bridgehead atoms. The van der Waals surface area contributed by atoms with Crippen LogP contribution in [0.3, 0.4) is 0 Å². The second-order valence-electron chi connectivity index (χ2n) is 6.44. The van der Waals surface area contributed by atoms with E-state index in [1.807, 2.05) is 6.07 Å². The van der Waals surface area contributed by atoms with Crippen LogP contribution >= 0.6 is 11.6 Å². The molecule has 2 aromatic rings. The van der Waals surface area contributed by atoms with E-state index < -0.39 is 11.9 Å². The Bertz CT molecular complexity index is 892. The summed E-state index contributed by atoms with van der Waals surface area (Å²) < 4.78 is 5.41. The van der Waals surface area contributed by atoms with Crippen LogP contribution in [0, 0.1) is 0 Å². The molecule has 1 saturated heterocycles. The average molecular weight is 423 g/mol. The minimum atomic E-state index is -1.26. The van der Waals surface area contributed by atoms with Gasteiger partial charge in [0.2, 0.25) is 0 Å². The summed E-state index contributed by atoms with van der Waals surface area (Å²) in [6.07, 6.45) is 5.03. The maximum atomic E-state index is 12.4.